The average Bonchev–Trinajstić information content (AvgIpc) is 2.37. The van der Waals surface area contributed by atoms with Gasteiger partial charge in [-0.15, -0.1) is 0 Å². The van der Waals surface area contributed by atoms with Gasteiger partial charge in [-0.1, -0.05) is 31.9 Å². The lowest BCUT2D eigenvalue weighted by molar-refractivity contribution is 0.398. The van der Waals surface area contributed by atoms with Gasteiger partial charge in [0, 0.05) is 6.26 Å². The normalized spacial score (nSPS) is 25.1. The summed E-state index contributed by atoms with van der Waals surface area (Å²) in [7, 11) is -2.87. The van der Waals surface area contributed by atoms with Crippen molar-refractivity contribution in [3.05, 3.63) is 11.6 Å². The molecule has 2 unspecified atom stereocenters. The molecule has 4 heteroatoms. The molecule has 0 heterocycles. The van der Waals surface area contributed by atoms with E-state index in [1.807, 2.05) is 0 Å². The van der Waals surface area contributed by atoms with Crippen molar-refractivity contribution in [2.24, 2.45) is 11.8 Å². The SMILES string of the molecule is C/C(=C/CCNCC(C)C)C1CCCC(S(C)(=O)=O)C1. The van der Waals surface area contributed by atoms with Crippen LogP contribution in [0.2, 0.25) is 0 Å². The molecule has 1 aliphatic rings. The first-order chi connectivity index (χ1) is 9.30. The van der Waals surface area contributed by atoms with Gasteiger partial charge in [-0.25, -0.2) is 8.42 Å². The second-order valence-electron chi connectivity index (χ2n) is 6.65. The number of nitrogens with one attached hydrogen (secondary N) is 1. The zero-order chi connectivity index (χ0) is 15.2. The van der Waals surface area contributed by atoms with E-state index in [2.05, 4.69) is 32.2 Å². The molecule has 1 aliphatic carbocycles. The first kappa shape index (κ1) is 17.7. The van der Waals surface area contributed by atoms with E-state index in [0.717, 1.165) is 45.2 Å². The molecule has 1 saturated carbocycles. The third-order valence-electron chi connectivity index (χ3n) is 4.22. The zero-order valence-electron chi connectivity index (χ0n) is 13.5. The molecule has 2 atom stereocenters. The Balaban J connectivity index is 2.40. The van der Waals surface area contributed by atoms with Crippen LogP contribution in [0.25, 0.3) is 0 Å². The lowest BCUT2D eigenvalue weighted by Gasteiger charge is -2.28. The Bertz CT molecular complexity index is 412. The van der Waals surface area contributed by atoms with Crippen LogP contribution in [0, 0.1) is 11.8 Å². The van der Waals surface area contributed by atoms with Crippen molar-refractivity contribution in [3.8, 4) is 0 Å². The van der Waals surface area contributed by atoms with Gasteiger partial charge in [-0.2, -0.15) is 0 Å². The van der Waals surface area contributed by atoms with E-state index in [-0.39, 0.29) is 5.25 Å². The summed E-state index contributed by atoms with van der Waals surface area (Å²) in [5.74, 6) is 1.16. The van der Waals surface area contributed by atoms with Crippen molar-refractivity contribution in [1.82, 2.24) is 5.32 Å². The summed E-state index contributed by atoms with van der Waals surface area (Å²) < 4.78 is 23.4. The molecule has 0 aromatic rings. The molecule has 3 nitrogen and oxygen atoms in total. The van der Waals surface area contributed by atoms with Crippen molar-refractivity contribution in [3.63, 3.8) is 0 Å². The minimum Gasteiger partial charge on any atom is -0.316 e. The van der Waals surface area contributed by atoms with Crippen LogP contribution in [-0.2, 0) is 9.84 Å². The summed E-state index contributed by atoms with van der Waals surface area (Å²) in [5.41, 5.74) is 1.38. The second kappa shape index (κ2) is 8.18. The Morgan fingerprint density at radius 1 is 1.35 bits per heavy atom. The molecule has 0 saturated heterocycles. The smallest absolute Gasteiger partial charge is 0.150 e. The standard InChI is InChI=1S/C16H31NO2S/c1-13(2)12-17-10-6-7-14(3)15-8-5-9-16(11-15)20(4,18)19/h7,13,15-17H,5-6,8-12H2,1-4H3/b14-7-. The highest BCUT2D eigenvalue weighted by Crippen LogP contribution is 2.33. The predicted octanol–water partition coefficient (Wildman–Crippen LogP) is 3.17. The van der Waals surface area contributed by atoms with Gasteiger partial charge in [0.05, 0.1) is 5.25 Å². The fourth-order valence-electron chi connectivity index (χ4n) is 2.91. The lowest BCUT2D eigenvalue weighted by atomic mass is 9.84. The Morgan fingerprint density at radius 3 is 2.65 bits per heavy atom. The molecule has 0 bridgehead atoms. The fourth-order valence-corrected chi connectivity index (χ4v) is 4.08. The lowest BCUT2D eigenvalue weighted by Crippen LogP contribution is -2.28. The van der Waals surface area contributed by atoms with Gasteiger partial charge in [-0.05, 0) is 57.5 Å². The molecule has 0 aromatic heterocycles. The van der Waals surface area contributed by atoms with Gasteiger partial charge < -0.3 is 5.32 Å². The molecule has 1 N–H and O–H groups in total. The van der Waals surface area contributed by atoms with Crippen molar-refractivity contribution in [2.75, 3.05) is 19.3 Å². The van der Waals surface area contributed by atoms with Crippen molar-refractivity contribution in [1.29, 1.82) is 0 Å². The van der Waals surface area contributed by atoms with Gasteiger partial charge >= 0.3 is 0 Å². The number of sulfone groups is 1. The summed E-state index contributed by atoms with van der Waals surface area (Å²) in [5, 5.41) is 3.31. The Kier molecular flexibility index (Phi) is 7.24. The highest BCUT2D eigenvalue weighted by molar-refractivity contribution is 7.91. The zero-order valence-corrected chi connectivity index (χ0v) is 14.3. The van der Waals surface area contributed by atoms with Crippen LogP contribution in [0.3, 0.4) is 0 Å². The number of hydrogen-bond acceptors (Lipinski definition) is 3. The monoisotopic (exact) mass is 301 g/mol. The molecule has 0 radical (unpaired) electrons. The van der Waals surface area contributed by atoms with E-state index >= 15 is 0 Å². The Labute approximate surface area is 125 Å². The fraction of sp³-hybridized carbons (Fsp3) is 0.875. The van der Waals surface area contributed by atoms with Crippen LogP contribution in [0.1, 0.15) is 52.9 Å². The van der Waals surface area contributed by atoms with E-state index in [1.165, 1.54) is 11.8 Å². The summed E-state index contributed by atoms with van der Waals surface area (Å²) in [6.07, 6.45) is 8.57. The number of allylic oxidation sites excluding steroid dienone is 1. The second-order valence-corrected chi connectivity index (χ2v) is 8.98. The van der Waals surface area contributed by atoms with Crippen molar-refractivity contribution < 1.29 is 8.42 Å². The Morgan fingerprint density at radius 2 is 2.05 bits per heavy atom. The molecule has 0 amide bonds. The van der Waals surface area contributed by atoms with Crippen LogP contribution >= 0.6 is 0 Å². The summed E-state index contributed by atoms with van der Waals surface area (Å²) in [6, 6.07) is 0. The first-order valence-corrected chi connectivity index (χ1v) is 9.82. The maximum Gasteiger partial charge on any atom is 0.150 e. The van der Waals surface area contributed by atoms with E-state index in [0.29, 0.717) is 11.8 Å². The van der Waals surface area contributed by atoms with E-state index < -0.39 is 9.84 Å². The maximum absolute atomic E-state index is 11.7. The van der Waals surface area contributed by atoms with Crippen LogP contribution in [0.4, 0.5) is 0 Å². The minimum absolute atomic E-state index is 0.122. The van der Waals surface area contributed by atoms with Crippen LogP contribution in [0.5, 0.6) is 0 Å². The quantitative estimate of drug-likeness (QED) is 0.580. The molecule has 0 aliphatic heterocycles. The van der Waals surface area contributed by atoms with Crippen LogP contribution in [-0.4, -0.2) is 33.0 Å². The predicted molar refractivity (Wildman–Crippen MR) is 86.7 cm³/mol. The van der Waals surface area contributed by atoms with Gasteiger partial charge in [-0.3, -0.25) is 0 Å². The van der Waals surface area contributed by atoms with Gasteiger partial charge in [0.2, 0.25) is 0 Å². The topological polar surface area (TPSA) is 46.2 Å². The minimum atomic E-state index is -2.87. The average molecular weight is 301 g/mol. The first-order valence-electron chi connectivity index (χ1n) is 7.87. The van der Waals surface area contributed by atoms with Crippen molar-refractivity contribution >= 4 is 9.84 Å². The van der Waals surface area contributed by atoms with Crippen LogP contribution in [0.15, 0.2) is 11.6 Å². The molecule has 118 valence electrons. The summed E-state index contributed by atoms with van der Waals surface area (Å²) >= 11 is 0. The molecule has 0 aromatic carbocycles. The summed E-state index contributed by atoms with van der Waals surface area (Å²) in [4.78, 5) is 0. The maximum atomic E-state index is 11.7. The van der Waals surface area contributed by atoms with Crippen molar-refractivity contribution in [2.45, 2.75) is 58.1 Å². The highest BCUT2D eigenvalue weighted by atomic mass is 32.2. The molecular weight excluding hydrogens is 270 g/mol. The van der Waals surface area contributed by atoms with Gasteiger partial charge in [0.25, 0.3) is 0 Å². The molecular formula is C16H31NO2S. The van der Waals surface area contributed by atoms with Gasteiger partial charge in [0.1, 0.15) is 9.84 Å². The van der Waals surface area contributed by atoms with E-state index in [4.69, 9.17) is 0 Å². The third kappa shape index (κ3) is 6.40. The van der Waals surface area contributed by atoms with E-state index in [9.17, 15) is 8.42 Å². The molecule has 20 heavy (non-hydrogen) atoms. The third-order valence-corrected chi connectivity index (χ3v) is 5.85. The largest absolute Gasteiger partial charge is 0.316 e. The number of hydrogen-bond donors (Lipinski definition) is 1. The molecule has 0 spiro atoms. The number of rotatable bonds is 7. The highest BCUT2D eigenvalue weighted by Gasteiger charge is 2.29. The van der Waals surface area contributed by atoms with Crippen LogP contribution < -0.4 is 5.32 Å². The summed E-state index contributed by atoms with van der Waals surface area (Å²) in [6.45, 7) is 8.66. The molecule has 1 rings (SSSR count). The van der Waals surface area contributed by atoms with Gasteiger partial charge in [0.15, 0.2) is 0 Å². The molecule has 1 fully saturated rings. The Hall–Kier alpha value is -0.350. The van der Waals surface area contributed by atoms with E-state index in [1.54, 1.807) is 0 Å².